The van der Waals surface area contributed by atoms with Gasteiger partial charge in [0, 0.05) is 11.9 Å². The second-order valence-electron chi connectivity index (χ2n) is 3.83. The highest BCUT2D eigenvalue weighted by atomic mass is 79.9. The summed E-state index contributed by atoms with van der Waals surface area (Å²) >= 11 is 3.48. The lowest BCUT2D eigenvalue weighted by Crippen LogP contribution is -2.17. The normalized spacial score (nSPS) is 12.6. The van der Waals surface area contributed by atoms with Gasteiger partial charge in [-0.2, -0.15) is 0 Å². The van der Waals surface area contributed by atoms with Gasteiger partial charge in [0.2, 0.25) is 0 Å². The van der Waals surface area contributed by atoms with E-state index in [2.05, 4.69) is 26.2 Å². The molecule has 0 bridgehead atoms. The summed E-state index contributed by atoms with van der Waals surface area (Å²) in [5, 5.41) is 3.26. The van der Waals surface area contributed by atoms with Crippen molar-refractivity contribution in [3.8, 4) is 0 Å². The van der Waals surface area contributed by atoms with Crippen LogP contribution in [0.2, 0.25) is 0 Å². The molecule has 1 unspecified atom stereocenters. The number of nitrogens with zero attached hydrogens (tertiary/aromatic N) is 1. The summed E-state index contributed by atoms with van der Waals surface area (Å²) in [4.78, 5) is 4.32. The second-order valence-corrected chi connectivity index (χ2v) is 4.69. The minimum Gasteiger partial charge on any atom is -0.466 e. The molecule has 0 aliphatic rings. The third-order valence-electron chi connectivity index (χ3n) is 2.73. The molecule has 90 valence electrons. The van der Waals surface area contributed by atoms with Crippen LogP contribution in [0.5, 0.6) is 0 Å². The largest absolute Gasteiger partial charge is 0.466 e. The van der Waals surface area contributed by atoms with Gasteiger partial charge in [-0.15, -0.1) is 0 Å². The molecular weight excluding hydrogens is 280 g/mol. The van der Waals surface area contributed by atoms with Gasteiger partial charge in [0.25, 0.3) is 0 Å². The Balaban J connectivity index is 2.00. The van der Waals surface area contributed by atoms with Crippen molar-refractivity contribution < 1.29 is 4.42 Å². The van der Waals surface area contributed by atoms with Crippen molar-refractivity contribution in [2.45, 2.75) is 18.9 Å². The maximum absolute atomic E-state index is 5.48. The fourth-order valence-electron chi connectivity index (χ4n) is 1.80. The van der Waals surface area contributed by atoms with Gasteiger partial charge in [0.05, 0.1) is 16.8 Å². The highest BCUT2D eigenvalue weighted by Gasteiger charge is 2.15. The monoisotopic (exact) mass is 294 g/mol. The van der Waals surface area contributed by atoms with E-state index in [0.717, 1.165) is 28.8 Å². The molecule has 0 saturated carbocycles. The van der Waals surface area contributed by atoms with Gasteiger partial charge >= 0.3 is 0 Å². The van der Waals surface area contributed by atoms with Crippen molar-refractivity contribution in [2.75, 3.05) is 7.05 Å². The molecule has 0 aliphatic heterocycles. The molecule has 2 aromatic heterocycles. The quantitative estimate of drug-likeness (QED) is 0.919. The average molecular weight is 295 g/mol. The molecule has 0 radical (unpaired) electrons. The minimum absolute atomic E-state index is 0.210. The van der Waals surface area contributed by atoms with Gasteiger partial charge in [-0.05, 0) is 54.0 Å². The van der Waals surface area contributed by atoms with Gasteiger partial charge in [-0.3, -0.25) is 4.98 Å². The predicted molar refractivity (Wildman–Crippen MR) is 70.8 cm³/mol. The van der Waals surface area contributed by atoms with Gasteiger partial charge in [0.1, 0.15) is 5.76 Å². The topological polar surface area (TPSA) is 38.1 Å². The number of halogens is 1. The van der Waals surface area contributed by atoms with Crippen molar-refractivity contribution >= 4 is 15.9 Å². The van der Waals surface area contributed by atoms with Crippen LogP contribution in [0.15, 0.2) is 45.6 Å². The molecule has 2 rings (SSSR count). The van der Waals surface area contributed by atoms with E-state index in [0.29, 0.717) is 0 Å². The van der Waals surface area contributed by atoms with Gasteiger partial charge in [-0.25, -0.2) is 0 Å². The van der Waals surface area contributed by atoms with Crippen LogP contribution in [-0.2, 0) is 6.42 Å². The molecule has 2 aromatic rings. The number of nitrogens with one attached hydrogen (secondary N) is 1. The van der Waals surface area contributed by atoms with Crippen LogP contribution < -0.4 is 5.32 Å². The summed E-state index contributed by atoms with van der Waals surface area (Å²) in [5.74, 6) is 0.948. The van der Waals surface area contributed by atoms with E-state index >= 15 is 0 Å². The predicted octanol–water partition coefficient (Wildman–Crippen LogP) is 3.33. The van der Waals surface area contributed by atoms with Crippen LogP contribution in [0.25, 0.3) is 0 Å². The zero-order valence-corrected chi connectivity index (χ0v) is 11.3. The number of aryl methyl sites for hydroxylation is 1. The SMILES string of the molecule is CNC(CCc1ccccn1)c1occc1Br. The van der Waals surface area contributed by atoms with Crippen LogP contribution in [-0.4, -0.2) is 12.0 Å². The Morgan fingerprint density at radius 2 is 2.29 bits per heavy atom. The highest BCUT2D eigenvalue weighted by Crippen LogP contribution is 2.27. The molecule has 17 heavy (non-hydrogen) atoms. The molecule has 0 aliphatic carbocycles. The Hall–Kier alpha value is -1.13. The van der Waals surface area contributed by atoms with E-state index in [9.17, 15) is 0 Å². The molecule has 1 atom stereocenters. The summed E-state index contributed by atoms with van der Waals surface area (Å²) in [6, 6.07) is 8.12. The highest BCUT2D eigenvalue weighted by molar-refractivity contribution is 9.10. The van der Waals surface area contributed by atoms with Crippen molar-refractivity contribution in [2.24, 2.45) is 0 Å². The number of hydrogen-bond acceptors (Lipinski definition) is 3. The molecule has 4 heteroatoms. The Kier molecular flexibility index (Phi) is 4.34. The Morgan fingerprint density at radius 3 is 2.88 bits per heavy atom. The fourth-order valence-corrected chi connectivity index (χ4v) is 2.28. The summed E-state index contributed by atoms with van der Waals surface area (Å²) in [6.07, 6.45) is 5.41. The lowest BCUT2D eigenvalue weighted by Gasteiger charge is -2.13. The van der Waals surface area contributed by atoms with Crippen LogP contribution >= 0.6 is 15.9 Å². The Morgan fingerprint density at radius 1 is 1.41 bits per heavy atom. The smallest absolute Gasteiger partial charge is 0.134 e. The lowest BCUT2D eigenvalue weighted by atomic mass is 10.1. The summed E-state index contributed by atoms with van der Waals surface area (Å²) < 4.78 is 6.49. The number of pyridine rings is 1. The van der Waals surface area contributed by atoms with E-state index in [1.54, 1.807) is 6.26 Å². The van der Waals surface area contributed by atoms with Crippen molar-refractivity contribution in [3.05, 3.63) is 52.7 Å². The molecule has 0 saturated heterocycles. The first kappa shape index (κ1) is 12.3. The van der Waals surface area contributed by atoms with Gasteiger partial charge in [-0.1, -0.05) is 6.07 Å². The lowest BCUT2D eigenvalue weighted by molar-refractivity contribution is 0.411. The van der Waals surface area contributed by atoms with Crippen LogP contribution in [0.1, 0.15) is 23.9 Å². The zero-order valence-electron chi connectivity index (χ0n) is 9.69. The first-order valence-electron chi connectivity index (χ1n) is 5.61. The maximum Gasteiger partial charge on any atom is 0.134 e. The van der Waals surface area contributed by atoms with Gasteiger partial charge < -0.3 is 9.73 Å². The Bertz CT molecular complexity index is 455. The zero-order chi connectivity index (χ0) is 12.1. The molecule has 0 fully saturated rings. The summed E-state index contributed by atoms with van der Waals surface area (Å²) in [6.45, 7) is 0. The second kappa shape index (κ2) is 5.98. The number of hydrogen-bond donors (Lipinski definition) is 1. The van der Waals surface area contributed by atoms with Crippen molar-refractivity contribution in [3.63, 3.8) is 0 Å². The summed E-state index contributed by atoms with van der Waals surface area (Å²) in [5.41, 5.74) is 1.11. The number of rotatable bonds is 5. The standard InChI is InChI=1S/C13H15BrN2O/c1-15-12(13-11(14)7-9-17-13)6-5-10-4-2-3-8-16-10/h2-4,7-9,12,15H,5-6H2,1H3. The van der Waals surface area contributed by atoms with E-state index in [4.69, 9.17) is 4.42 Å². The third-order valence-corrected chi connectivity index (χ3v) is 3.38. The average Bonchev–Trinajstić information content (AvgIpc) is 2.78. The van der Waals surface area contributed by atoms with E-state index in [1.165, 1.54) is 0 Å². The van der Waals surface area contributed by atoms with Crippen LogP contribution in [0.3, 0.4) is 0 Å². The van der Waals surface area contributed by atoms with Crippen LogP contribution in [0, 0.1) is 0 Å². The van der Waals surface area contributed by atoms with Crippen LogP contribution in [0.4, 0.5) is 0 Å². The molecule has 0 aromatic carbocycles. The van der Waals surface area contributed by atoms with E-state index < -0.39 is 0 Å². The fraction of sp³-hybridized carbons (Fsp3) is 0.308. The van der Waals surface area contributed by atoms with Crippen molar-refractivity contribution in [1.82, 2.24) is 10.3 Å². The van der Waals surface area contributed by atoms with E-state index in [1.807, 2.05) is 37.5 Å². The van der Waals surface area contributed by atoms with Gasteiger partial charge in [0.15, 0.2) is 0 Å². The molecule has 0 amide bonds. The maximum atomic E-state index is 5.48. The van der Waals surface area contributed by atoms with Crippen molar-refractivity contribution in [1.29, 1.82) is 0 Å². The molecule has 0 spiro atoms. The first-order valence-corrected chi connectivity index (χ1v) is 6.40. The number of furan rings is 1. The molecular formula is C13H15BrN2O. The first-order chi connectivity index (χ1) is 8.31. The molecule has 3 nitrogen and oxygen atoms in total. The molecule has 1 N–H and O–H groups in total. The minimum atomic E-state index is 0.210. The van der Waals surface area contributed by atoms with E-state index in [-0.39, 0.29) is 6.04 Å². The number of aromatic nitrogens is 1. The molecule has 2 heterocycles. The Labute approximate surface area is 109 Å². The summed E-state index contributed by atoms with van der Waals surface area (Å²) in [7, 11) is 1.94. The third kappa shape index (κ3) is 3.17.